The largest absolute Gasteiger partial charge is 0.375 e. The van der Waals surface area contributed by atoms with E-state index in [9.17, 15) is 9.59 Å². The minimum absolute atomic E-state index is 0. The zero-order chi connectivity index (χ0) is 15.3. The number of nitrogens with two attached hydrogens (primary N) is 1. The van der Waals surface area contributed by atoms with Crippen molar-refractivity contribution in [1.29, 1.82) is 0 Å². The fourth-order valence-corrected chi connectivity index (χ4v) is 2.43. The Hall–Kier alpha value is -0.850. The fraction of sp³-hybridized carbons (Fsp3) is 0.857. The summed E-state index contributed by atoms with van der Waals surface area (Å²) in [5.41, 5.74) is 5.76. The first kappa shape index (κ1) is 20.1. The summed E-state index contributed by atoms with van der Waals surface area (Å²) >= 11 is 0. The second-order valence-electron chi connectivity index (χ2n) is 6.25. The lowest BCUT2D eigenvalue weighted by molar-refractivity contribution is -0.138. The Bertz CT molecular complexity index is 365. The van der Waals surface area contributed by atoms with E-state index in [0.29, 0.717) is 19.6 Å². The van der Waals surface area contributed by atoms with E-state index < -0.39 is 6.04 Å². The number of halogens is 1. The van der Waals surface area contributed by atoms with Gasteiger partial charge in [0.05, 0.1) is 0 Å². The van der Waals surface area contributed by atoms with Crippen LogP contribution in [-0.4, -0.2) is 56.1 Å². The van der Waals surface area contributed by atoms with Crippen molar-refractivity contribution in [2.24, 2.45) is 17.1 Å². The monoisotopic (exact) mass is 321 g/mol. The maximum Gasteiger partial charge on any atom is 0.246 e. The minimum Gasteiger partial charge on any atom is -0.375 e. The number of ether oxygens (including phenoxy) is 1. The highest BCUT2D eigenvalue weighted by Gasteiger charge is 2.38. The molecule has 3 N–H and O–H groups in total. The Balaban J connectivity index is 0.00000400. The Labute approximate surface area is 133 Å². The van der Waals surface area contributed by atoms with Gasteiger partial charge in [-0.15, -0.1) is 12.4 Å². The van der Waals surface area contributed by atoms with Crippen LogP contribution in [-0.2, 0) is 14.3 Å². The van der Waals surface area contributed by atoms with Crippen molar-refractivity contribution in [3.63, 3.8) is 0 Å². The zero-order valence-electron chi connectivity index (χ0n) is 13.3. The summed E-state index contributed by atoms with van der Waals surface area (Å²) in [6.07, 6.45) is 0.909. The standard InChI is InChI=1S/C14H27N3O3.ClH/c1-10(2)12(16-11(18)7-20-4)13(19)17-6-5-14(3,8-15)9-17;/h10,12H,5-9,15H2,1-4H3,(H,16,18);1H/t12-,14?;/m0./s1. The molecular weight excluding hydrogens is 294 g/mol. The molecule has 1 rings (SSSR count). The number of amides is 2. The molecular formula is C14H28ClN3O3. The van der Waals surface area contributed by atoms with Crippen LogP contribution in [0, 0.1) is 11.3 Å². The van der Waals surface area contributed by atoms with Crippen molar-refractivity contribution in [3.8, 4) is 0 Å². The number of carbonyl (C=O) groups excluding carboxylic acids is 2. The van der Waals surface area contributed by atoms with Crippen LogP contribution in [0.2, 0.25) is 0 Å². The summed E-state index contributed by atoms with van der Waals surface area (Å²) in [6, 6.07) is -0.502. The normalized spacial score (nSPS) is 22.9. The first-order chi connectivity index (χ1) is 9.33. The lowest BCUT2D eigenvalue weighted by Gasteiger charge is -2.28. The quantitative estimate of drug-likeness (QED) is 0.741. The number of methoxy groups -OCH3 is 1. The molecule has 1 heterocycles. The van der Waals surface area contributed by atoms with E-state index in [1.54, 1.807) is 0 Å². The molecule has 0 aromatic rings. The van der Waals surface area contributed by atoms with Crippen LogP contribution < -0.4 is 11.1 Å². The molecule has 1 aliphatic heterocycles. The molecule has 0 spiro atoms. The summed E-state index contributed by atoms with van der Waals surface area (Å²) in [5.74, 6) is -0.255. The first-order valence-electron chi connectivity index (χ1n) is 7.10. The highest BCUT2D eigenvalue weighted by Crippen LogP contribution is 2.29. The third-order valence-electron chi connectivity index (χ3n) is 3.89. The summed E-state index contributed by atoms with van der Waals surface area (Å²) in [4.78, 5) is 26.0. The molecule has 124 valence electrons. The average molecular weight is 322 g/mol. The van der Waals surface area contributed by atoms with E-state index in [-0.39, 0.29) is 42.2 Å². The maximum atomic E-state index is 12.6. The molecule has 7 heteroatoms. The molecule has 0 radical (unpaired) electrons. The Kier molecular flexibility index (Phi) is 8.21. The number of carbonyl (C=O) groups is 2. The van der Waals surface area contributed by atoms with Crippen molar-refractivity contribution < 1.29 is 14.3 Å². The Morgan fingerprint density at radius 1 is 1.43 bits per heavy atom. The van der Waals surface area contributed by atoms with Gasteiger partial charge in [0, 0.05) is 20.2 Å². The molecule has 0 aliphatic carbocycles. The molecule has 2 atom stereocenters. The number of nitrogens with zero attached hydrogens (tertiary/aromatic N) is 1. The summed E-state index contributed by atoms with van der Waals surface area (Å²) in [7, 11) is 1.46. The molecule has 0 aromatic heterocycles. The molecule has 1 saturated heterocycles. The SMILES string of the molecule is COCC(=O)N[C@H](C(=O)N1CCC(C)(CN)C1)C(C)C.Cl. The second kappa shape index (κ2) is 8.56. The molecule has 0 aromatic carbocycles. The van der Waals surface area contributed by atoms with Gasteiger partial charge in [-0.1, -0.05) is 20.8 Å². The van der Waals surface area contributed by atoms with Crippen LogP contribution >= 0.6 is 12.4 Å². The number of hydrogen-bond donors (Lipinski definition) is 2. The van der Waals surface area contributed by atoms with E-state index in [0.717, 1.165) is 6.42 Å². The van der Waals surface area contributed by atoms with Crippen LogP contribution in [0.1, 0.15) is 27.2 Å². The van der Waals surface area contributed by atoms with E-state index >= 15 is 0 Å². The predicted molar refractivity (Wildman–Crippen MR) is 84.3 cm³/mol. The van der Waals surface area contributed by atoms with E-state index in [1.165, 1.54) is 7.11 Å². The number of rotatable bonds is 6. The highest BCUT2D eigenvalue weighted by atomic mass is 35.5. The van der Waals surface area contributed by atoms with E-state index in [2.05, 4.69) is 12.2 Å². The molecule has 1 fully saturated rings. The molecule has 2 amide bonds. The number of nitrogens with one attached hydrogen (secondary N) is 1. The van der Waals surface area contributed by atoms with Gasteiger partial charge in [-0.05, 0) is 24.3 Å². The van der Waals surface area contributed by atoms with Gasteiger partial charge in [0.2, 0.25) is 11.8 Å². The molecule has 0 bridgehead atoms. The molecule has 0 saturated carbocycles. The van der Waals surface area contributed by atoms with Crippen LogP contribution in [0.15, 0.2) is 0 Å². The van der Waals surface area contributed by atoms with Crippen molar-refractivity contribution in [3.05, 3.63) is 0 Å². The van der Waals surface area contributed by atoms with Crippen molar-refractivity contribution >= 4 is 24.2 Å². The molecule has 1 unspecified atom stereocenters. The zero-order valence-corrected chi connectivity index (χ0v) is 14.2. The van der Waals surface area contributed by atoms with Gasteiger partial charge in [0.15, 0.2) is 0 Å². The lowest BCUT2D eigenvalue weighted by Crippen LogP contribution is -2.51. The molecule has 21 heavy (non-hydrogen) atoms. The summed E-state index contributed by atoms with van der Waals surface area (Å²) in [5, 5.41) is 2.75. The summed E-state index contributed by atoms with van der Waals surface area (Å²) in [6.45, 7) is 7.84. The van der Waals surface area contributed by atoms with Gasteiger partial charge in [-0.3, -0.25) is 9.59 Å². The van der Waals surface area contributed by atoms with Gasteiger partial charge in [-0.25, -0.2) is 0 Å². The van der Waals surface area contributed by atoms with Gasteiger partial charge in [0.25, 0.3) is 0 Å². The van der Waals surface area contributed by atoms with Crippen LogP contribution in [0.5, 0.6) is 0 Å². The maximum absolute atomic E-state index is 12.6. The van der Waals surface area contributed by atoms with E-state index in [1.807, 2.05) is 18.7 Å². The van der Waals surface area contributed by atoms with Gasteiger partial charge in [0.1, 0.15) is 12.6 Å². The average Bonchev–Trinajstić information content (AvgIpc) is 2.79. The fourth-order valence-electron chi connectivity index (χ4n) is 2.43. The lowest BCUT2D eigenvalue weighted by atomic mass is 9.90. The third-order valence-corrected chi connectivity index (χ3v) is 3.89. The van der Waals surface area contributed by atoms with Crippen molar-refractivity contribution in [1.82, 2.24) is 10.2 Å². The summed E-state index contributed by atoms with van der Waals surface area (Å²) < 4.78 is 4.79. The van der Waals surface area contributed by atoms with Crippen LogP contribution in [0.25, 0.3) is 0 Å². The van der Waals surface area contributed by atoms with Crippen LogP contribution in [0.4, 0.5) is 0 Å². The highest BCUT2D eigenvalue weighted by molar-refractivity contribution is 5.88. The first-order valence-corrected chi connectivity index (χ1v) is 7.10. The minimum atomic E-state index is -0.502. The van der Waals surface area contributed by atoms with Gasteiger partial charge >= 0.3 is 0 Å². The molecule has 1 aliphatic rings. The van der Waals surface area contributed by atoms with Gasteiger partial charge in [-0.2, -0.15) is 0 Å². The topological polar surface area (TPSA) is 84.7 Å². The molecule has 6 nitrogen and oxygen atoms in total. The van der Waals surface area contributed by atoms with Crippen molar-refractivity contribution in [2.75, 3.05) is 33.4 Å². The second-order valence-corrected chi connectivity index (χ2v) is 6.25. The van der Waals surface area contributed by atoms with Gasteiger partial charge < -0.3 is 20.7 Å². The van der Waals surface area contributed by atoms with Crippen molar-refractivity contribution in [2.45, 2.75) is 33.2 Å². The smallest absolute Gasteiger partial charge is 0.246 e. The Morgan fingerprint density at radius 3 is 2.48 bits per heavy atom. The van der Waals surface area contributed by atoms with E-state index in [4.69, 9.17) is 10.5 Å². The Morgan fingerprint density at radius 2 is 2.05 bits per heavy atom. The van der Waals surface area contributed by atoms with Crippen LogP contribution in [0.3, 0.4) is 0 Å². The third kappa shape index (κ3) is 5.45. The number of likely N-dealkylation sites (tertiary alicyclic amines) is 1. The predicted octanol–water partition coefficient (Wildman–Crippen LogP) is 0.393. The number of hydrogen-bond acceptors (Lipinski definition) is 4.